The number of carbonyl (C=O) groups is 2. The molecule has 3 rings (SSSR count). The fourth-order valence-electron chi connectivity index (χ4n) is 2.99. The highest BCUT2D eigenvalue weighted by atomic mass is 79.9. The molecule has 3 aromatic rings. The van der Waals surface area contributed by atoms with Crippen LogP contribution in [0.2, 0.25) is 0 Å². The molecule has 0 heterocycles. The molecule has 2 N–H and O–H groups in total. The van der Waals surface area contributed by atoms with Gasteiger partial charge in [-0.05, 0) is 67.4 Å². The highest BCUT2D eigenvalue weighted by Gasteiger charge is 2.14. The molecule has 2 amide bonds. The van der Waals surface area contributed by atoms with E-state index in [0.29, 0.717) is 34.9 Å². The van der Waals surface area contributed by atoms with Crippen molar-refractivity contribution in [1.29, 1.82) is 0 Å². The van der Waals surface area contributed by atoms with Crippen LogP contribution in [0, 0.1) is 6.92 Å². The quantitative estimate of drug-likeness (QED) is 0.364. The number of amides is 2. The van der Waals surface area contributed by atoms with E-state index >= 15 is 0 Å². The Hall–Kier alpha value is -3.12. The van der Waals surface area contributed by atoms with Crippen molar-refractivity contribution >= 4 is 39.1 Å². The van der Waals surface area contributed by atoms with Crippen molar-refractivity contribution < 1.29 is 14.3 Å². The van der Waals surface area contributed by atoms with Gasteiger partial charge in [-0.3, -0.25) is 9.59 Å². The van der Waals surface area contributed by atoms with Crippen molar-refractivity contribution in [2.45, 2.75) is 26.7 Å². The highest BCUT2D eigenvalue weighted by molar-refractivity contribution is 9.10. The molecule has 5 nitrogen and oxygen atoms in total. The Morgan fingerprint density at radius 2 is 1.48 bits per heavy atom. The van der Waals surface area contributed by atoms with Gasteiger partial charge in [-0.2, -0.15) is 0 Å². The first-order valence-corrected chi connectivity index (χ1v) is 11.0. The average molecular weight is 481 g/mol. The van der Waals surface area contributed by atoms with Crippen LogP contribution in [0.1, 0.15) is 46.0 Å². The first kappa shape index (κ1) is 22.6. The lowest BCUT2D eigenvalue weighted by Gasteiger charge is -2.13. The zero-order valence-corrected chi connectivity index (χ0v) is 19.2. The number of nitrogens with one attached hydrogen (secondary N) is 2. The van der Waals surface area contributed by atoms with E-state index in [0.717, 1.165) is 22.9 Å². The van der Waals surface area contributed by atoms with Crippen LogP contribution >= 0.6 is 15.9 Å². The van der Waals surface area contributed by atoms with Crippen LogP contribution in [0.4, 0.5) is 11.4 Å². The van der Waals surface area contributed by atoms with Gasteiger partial charge in [0.05, 0.1) is 12.2 Å². The van der Waals surface area contributed by atoms with Crippen LogP contribution in [0.3, 0.4) is 0 Å². The van der Waals surface area contributed by atoms with E-state index in [1.165, 1.54) is 0 Å². The monoisotopic (exact) mass is 480 g/mol. The number of rotatable bonds is 8. The summed E-state index contributed by atoms with van der Waals surface area (Å²) in [7, 11) is 0. The van der Waals surface area contributed by atoms with Crippen LogP contribution < -0.4 is 15.4 Å². The average Bonchev–Trinajstić information content (AvgIpc) is 2.76. The third-order valence-electron chi connectivity index (χ3n) is 4.73. The Labute approximate surface area is 191 Å². The predicted molar refractivity (Wildman–Crippen MR) is 128 cm³/mol. The molecule has 160 valence electrons. The van der Waals surface area contributed by atoms with Crippen molar-refractivity contribution in [2.24, 2.45) is 0 Å². The molecule has 6 heteroatoms. The maximum Gasteiger partial charge on any atom is 0.259 e. The summed E-state index contributed by atoms with van der Waals surface area (Å²) in [6.45, 7) is 4.55. The van der Waals surface area contributed by atoms with E-state index in [2.05, 4.69) is 33.5 Å². The molecule has 0 saturated carbocycles. The minimum atomic E-state index is -0.260. The SMILES string of the molecule is CCCCOc1ccc(Br)cc1C(=O)Nc1ccc(NC(=O)c2ccccc2C)cc1. The summed E-state index contributed by atoms with van der Waals surface area (Å²) >= 11 is 3.41. The molecule has 0 spiro atoms. The topological polar surface area (TPSA) is 67.4 Å². The summed E-state index contributed by atoms with van der Waals surface area (Å²) in [5, 5.41) is 5.76. The molecular formula is C25H25BrN2O3. The van der Waals surface area contributed by atoms with Gasteiger partial charge in [0.25, 0.3) is 11.8 Å². The third-order valence-corrected chi connectivity index (χ3v) is 5.23. The second-order valence-corrected chi connectivity index (χ2v) is 8.06. The number of hydrogen-bond acceptors (Lipinski definition) is 3. The Kier molecular flexibility index (Phi) is 7.84. The Morgan fingerprint density at radius 1 is 0.871 bits per heavy atom. The normalized spacial score (nSPS) is 10.4. The summed E-state index contributed by atoms with van der Waals surface area (Å²) in [4.78, 5) is 25.3. The predicted octanol–water partition coefficient (Wildman–Crippen LogP) is 6.44. The molecule has 0 unspecified atom stereocenters. The first-order valence-electron chi connectivity index (χ1n) is 10.2. The number of carbonyl (C=O) groups excluding carboxylic acids is 2. The maximum absolute atomic E-state index is 12.8. The molecule has 0 radical (unpaired) electrons. The summed E-state index contributed by atoms with van der Waals surface area (Å²) in [6.07, 6.45) is 1.94. The molecule has 0 aliphatic carbocycles. The molecule has 0 aliphatic heterocycles. The van der Waals surface area contributed by atoms with Crippen LogP contribution in [0.5, 0.6) is 5.75 Å². The lowest BCUT2D eigenvalue weighted by molar-refractivity contribution is 0.101. The molecule has 0 saturated heterocycles. The molecule has 0 bridgehead atoms. The lowest BCUT2D eigenvalue weighted by Crippen LogP contribution is -2.15. The van der Waals surface area contributed by atoms with Gasteiger partial charge in [-0.15, -0.1) is 0 Å². The van der Waals surface area contributed by atoms with Crippen LogP contribution in [0.25, 0.3) is 0 Å². The molecule has 31 heavy (non-hydrogen) atoms. The molecule has 0 aliphatic rings. The Bertz CT molecular complexity index is 1060. The van der Waals surface area contributed by atoms with E-state index in [9.17, 15) is 9.59 Å². The van der Waals surface area contributed by atoms with E-state index in [1.807, 2.05) is 31.2 Å². The van der Waals surface area contributed by atoms with Gasteiger partial charge in [0.1, 0.15) is 5.75 Å². The molecule has 0 atom stereocenters. The molecule has 3 aromatic carbocycles. The van der Waals surface area contributed by atoms with Gasteiger partial charge in [0, 0.05) is 21.4 Å². The standard InChI is InChI=1S/C25H25BrN2O3/c1-3-4-15-31-23-14-9-18(26)16-22(23)25(30)28-20-12-10-19(11-13-20)27-24(29)21-8-6-5-7-17(21)2/h5-14,16H,3-4,15H2,1-2H3,(H,27,29)(H,28,30). The zero-order valence-electron chi connectivity index (χ0n) is 17.6. The molecular weight excluding hydrogens is 456 g/mol. The number of aryl methyl sites for hydroxylation is 1. The zero-order chi connectivity index (χ0) is 22.2. The number of halogens is 1. The third kappa shape index (κ3) is 6.18. The smallest absolute Gasteiger partial charge is 0.259 e. The van der Waals surface area contributed by atoms with Gasteiger partial charge in [-0.25, -0.2) is 0 Å². The number of anilines is 2. The number of unbranched alkanes of at least 4 members (excludes halogenated alkanes) is 1. The number of ether oxygens (including phenoxy) is 1. The van der Waals surface area contributed by atoms with Gasteiger partial charge in [-0.1, -0.05) is 47.5 Å². The van der Waals surface area contributed by atoms with E-state index in [4.69, 9.17) is 4.74 Å². The fraction of sp³-hybridized carbons (Fsp3) is 0.200. The van der Waals surface area contributed by atoms with Crippen molar-refractivity contribution in [1.82, 2.24) is 0 Å². The first-order chi connectivity index (χ1) is 15.0. The maximum atomic E-state index is 12.8. The van der Waals surface area contributed by atoms with Crippen LogP contribution in [-0.4, -0.2) is 18.4 Å². The van der Waals surface area contributed by atoms with Crippen molar-refractivity contribution in [3.05, 3.63) is 87.9 Å². The van der Waals surface area contributed by atoms with Crippen molar-refractivity contribution in [2.75, 3.05) is 17.2 Å². The number of benzene rings is 3. The minimum absolute atomic E-state index is 0.169. The second-order valence-electron chi connectivity index (χ2n) is 7.14. The van der Waals surface area contributed by atoms with E-state index in [-0.39, 0.29) is 11.8 Å². The molecule has 0 fully saturated rings. The van der Waals surface area contributed by atoms with Crippen molar-refractivity contribution in [3.63, 3.8) is 0 Å². The lowest BCUT2D eigenvalue weighted by atomic mass is 10.1. The van der Waals surface area contributed by atoms with Crippen LogP contribution in [-0.2, 0) is 0 Å². The minimum Gasteiger partial charge on any atom is -0.493 e. The van der Waals surface area contributed by atoms with Gasteiger partial charge >= 0.3 is 0 Å². The van der Waals surface area contributed by atoms with E-state index < -0.39 is 0 Å². The van der Waals surface area contributed by atoms with E-state index in [1.54, 1.807) is 42.5 Å². The second kappa shape index (κ2) is 10.8. The molecule has 0 aromatic heterocycles. The van der Waals surface area contributed by atoms with Crippen LogP contribution in [0.15, 0.2) is 71.2 Å². The summed E-state index contributed by atoms with van der Waals surface area (Å²) in [6, 6.07) is 19.8. The summed E-state index contributed by atoms with van der Waals surface area (Å²) in [5.74, 6) is 0.124. The summed E-state index contributed by atoms with van der Waals surface area (Å²) < 4.78 is 6.58. The largest absolute Gasteiger partial charge is 0.493 e. The van der Waals surface area contributed by atoms with Gasteiger partial charge in [0.2, 0.25) is 0 Å². The fourth-order valence-corrected chi connectivity index (χ4v) is 3.35. The van der Waals surface area contributed by atoms with Crippen molar-refractivity contribution in [3.8, 4) is 5.75 Å². The Morgan fingerprint density at radius 3 is 2.10 bits per heavy atom. The van der Waals surface area contributed by atoms with Gasteiger partial charge < -0.3 is 15.4 Å². The van der Waals surface area contributed by atoms with Gasteiger partial charge in [0.15, 0.2) is 0 Å². The number of hydrogen-bond donors (Lipinski definition) is 2. The summed E-state index contributed by atoms with van der Waals surface area (Å²) in [5.41, 5.74) is 3.28. The highest BCUT2D eigenvalue weighted by Crippen LogP contribution is 2.25. The Balaban J connectivity index is 1.67.